The molecule has 1 aromatic carbocycles. The van der Waals surface area contributed by atoms with Crippen molar-refractivity contribution in [1.82, 2.24) is 19.9 Å². The first-order valence-corrected chi connectivity index (χ1v) is 8.61. The summed E-state index contributed by atoms with van der Waals surface area (Å²) < 4.78 is 13.0. The zero-order chi connectivity index (χ0) is 17.6. The molecule has 0 amide bonds. The number of rotatable bonds is 4. The van der Waals surface area contributed by atoms with Crippen molar-refractivity contribution in [3.63, 3.8) is 0 Å². The monoisotopic (exact) mass is 338 g/mol. The third kappa shape index (κ3) is 2.81. The third-order valence-electron chi connectivity index (χ3n) is 4.98. The van der Waals surface area contributed by atoms with Gasteiger partial charge in [0.15, 0.2) is 0 Å². The number of fused-ring (bicyclic) bond motifs is 1. The van der Waals surface area contributed by atoms with Gasteiger partial charge < -0.3 is 9.26 Å². The fourth-order valence-electron chi connectivity index (χ4n) is 3.38. The maximum atomic E-state index is 5.55. The lowest BCUT2D eigenvalue weighted by atomic mass is 9.99. The van der Waals surface area contributed by atoms with Gasteiger partial charge in [-0.1, -0.05) is 12.1 Å². The van der Waals surface area contributed by atoms with Crippen molar-refractivity contribution in [2.45, 2.75) is 39.5 Å². The third-order valence-corrected chi connectivity index (χ3v) is 4.98. The number of benzene rings is 1. The molecule has 1 unspecified atom stereocenters. The molecule has 1 aliphatic heterocycles. The van der Waals surface area contributed by atoms with Gasteiger partial charge in [0.1, 0.15) is 5.75 Å². The average Bonchev–Trinajstić information content (AvgIpc) is 3.30. The minimum absolute atomic E-state index is 0.139. The highest BCUT2D eigenvalue weighted by molar-refractivity contribution is 5.59. The lowest BCUT2D eigenvalue weighted by Crippen LogP contribution is -2.01. The first-order chi connectivity index (χ1) is 12.0. The zero-order valence-electron chi connectivity index (χ0n) is 15.0. The van der Waals surface area contributed by atoms with E-state index in [1.807, 2.05) is 30.8 Å². The highest BCUT2D eigenvalue weighted by atomic mass is 16.5. The molecule has 1 aliphatic rings. The molecule has 2 aromatic heterocycles. The van der Waals surface area contributed by atoms with Gasteiger partial charge in [0.05, 0.1) is 12.3 Å². The largest absolute Gasteiger partial charge is 0.493 e. The van der Waals surface area contributed by atoms with Gasteiger partial charge in [-0.05, 0) is 49.6 Å². The molecule has 6 heteroatoms. The van der Waals surface area contributed by atoms with Crippen LogP contribution < -0.4 is 4.74 Å². The van der Waals surface area contributed by atoms with Crippen molar-refractivity contribution in [3.05, 3.63) is 46.6 Å². The summed E-state index contributed by atoms with van der Waals surface area (Å²) in [5.74, 6) is 2.40. The van der Waals surface area contributed by atoms with E-state index in [0.717, 1.165) is 36.5 Å². The number of hydrogen-bond donors (Lipinski definition) is 0. The van der Waals surface area contributed by atoms with Gasteiger partial charge in [0.25, 0.3) is 0 Å². The summed E-state index contributed by atoms with van der Waals surface area (Å²) in [5, 5.41) is 8.66. The summed E-state index contributed by atoms with van der Waals surface area (Å²) in [6.07, 6.45) is 1.77. The summed E-state index contributed by atoms with van der Waals surface area (Å²) in [6, 6.07) is 6.06. The molecule has 1 atom stereocenters. The lowest BCUT2D eigenvalue weighted by molar-refractivity contribution is 0.356. The van der Waals surface area contributed by atoms with E-state index in [1.54, 1.807) is 0 Å². The second-order valence-electron chi connectivity index (χ2n) is 6.76. The maximum Gasteiger partial charge on any atom is 0.230 e. The van der Waals surface area contributed by atoms with Crippen molar-refractivity contribution in [2.75, 3.05) is 6.61 Å². The molecule has 3 aromatic rings. The number of ether oxygens (including phenoxy) is 1. The molecule has 4 rings (SSSR count). The molecule has 0 bridgehead atoms. The Morgan fingerprint density at radius 2 is 2.12 bits per heavy atom. The van der Waals surface area contributed by atoms with Crippen LogP contribution in [0.4, 0.5) is 0 Å². The molecule has 0 spiro atoms. The van der Waals surface area contributed by atoms with Gasteiger partial charge in [0.2, 0.25) is 11.7 Å². The Balaban J connectivity index is 1.56. The van der Waals surface area contributed by atoms with Crippen molar-refractivity contribution in [3.8, 4) is 17.1 Å². The topological polar surface area (TPSA) is 66.0 Å². The Labute approximate surface area is 146 Å². The van der Waals surface area contributed by atoms with E-state index in [0.29, 0.717) is 11.7 Å². The summed E-state index contributed by atoms with van der Waals surface area (Å²) in [6.45, 7) is 6.99. The van der Waals surface area contributed by atoms with Crippen LogP contribution in [-0.4, -0.2) is 26.5 Å². The fourth-order valence-corrected chi connectivity index (χ4v) is 3.38. The second-order valence-corrected chi connectivity index (χ2v) is 6.76. The van der Waals surface area contributed by atoms with Crippen LogP contribution in [0.15, 0.2) is 22.7 Å². The van der Waals surface area contributed by atoms with Gasteiger partial charge in [-0.25, -0.2) is 0 Å². The van der Waals surface area contributed by atoms with Crippen molar-refractivity contribution in [2.24, 2.45) is 7.05 Å². The maximum absolute atomic E-state index is 5.55. The molecule has 0 radical (unpaired) electrons. The van der Waals surface area contributed by atoms with Crippen LogP contribution in [0.1, 0.15) is 41.2 Å². The molecule has 0 aliphatic carbocycles. The number of nitrogens with zero attached hydrogens (tertiary/aromatic N) is 4. The Bertz CT molecular complexity index is 926. The minimum atomic E-state index is 0.139. The summed E-state index contributed by atoms with van der Waals surface area (Å²) in [5.41, 5.74) is 5.68. The van der Waals surface area contributed by atoms with Gasteiger partial charge in [-0.3, -0.25) is 4.68 Å². The Morgan fingerprint density at radius 1 is 1.28 bits per heavy atom. The molecule has 0 N–H and O–H groups in total. The normalized spacial score (nSPS) is 14.4. The molecule has 3 heterocycles. The van der Waals surface area contributed by atoms with E-state index in [-0.39, 0.29) is 5.92 Å². The Hall–Kier alpha value is -2.63. The number of aryl methyl sites for hydroxylation is 2. The van der Waals surface area contributed by atoms with E-state index in [9.17, 15) is 0 Å². The lowest BCUT2D eigenvalue weighted by Gasteiger charge is -2.07. The second kappa shape index (κ2) is 6.02. The van der Waals surface area contributed by atoms with E-state index in [4.69, 9.17) is 9.26 Å². The van der Waals surface area contributed by atoms with Crippen LogP contribution in [0.5, 0.6) is 5.75 Å². The Morgan fingerprint density at radius 3 is 2.88 bits per heavy atom. The summed E-state index contributed by atoms with van der Waals surface area (Å²) in [7, 11) is 1.97. The summed E-state index contributed by atoms with van der Waals surface area (Å²) >= 11 is 0. The highest BCUT2D eigenvalue weighted by Crippen LogP contribution is 2.30. The quantitative estimate of drug-likeness (QED) is 0.730. The van der Waals surface area contributed by atoms with Crippen molar-refractivity contribution < 1.29 is 9.26 Å². The standard InChI is InChI=1S/C19H22N4O2/c1-11(9-16-12(2)21-23(4)13(16)3)19-20-18(22-25-19)15-5-6-17-14(10-15)7-8-24-17/h5-6,10-11H,7-9H2,1-4H3. The summed E-state index contributed by atoms with van der Waals surface area (Å²) in [4.78, 5) is 4.62. The minimum Gasteiger partial charge on any atom is -0.493 e. The predicted molar refractivity (Wildman–Crippen MR) is 93.7 cm³/mol. The van der Waals surface area contributed by atoms with E-state index in [1.165, 1.54) is 16.8 Å². The number of aromatic nitrogens is 4. The van der Waals surface area contributed by atoms with Crippen LogP contribution in [-0.2, 0) is 19.9 Å². The first kappa shape index (κ1) is 15.9. The van der Waals surface area contributed by atoms with Crippen LogP contribution >= 0.6 is 0 Å². The molecule has 130 valence electrons. The van der Waals surface area contributed by atoms with Crippen LogP contribution in [0.2, 0.25) is 0 Å². The van der Waals surface area contributed by atoms with Crippen LogP contribution in [0.3, 0.4) is 0 Å². The first-order valence-electron chi connectivity index (χ1n) is 8.61. The van der Waals surface area contributed by atoms with Crippen LogP contribution in [0, 0.1) is 13.8 Å². The number of hydrogen-bond acceptors (Lipinski definition) is 5. The molecule has 25 heavy (non-hydrogen) atoms. The van der Waals surface area contributed by atoms with Crippen LogP contribution in [0.25, 0.3) is 11.4 Å². The Kier molecular flexibility index (Phi) is 3.82. The molecule has 0 saturated heterocycles. The fraction of sp³-hybridized carbons (Fsp3) is 0.421. The van der Waals surface area contributed by atoms with Gasteiger partial charge in [0, 0.05) is 30.6 Å². The van der Waals surface area contributed by atoms with E-state index in [2.05, 4.69) is 35.2 Å². The molecule has 0 fully saturated rings. The predicted octanol–water partition coefficient (Wildman–Crippen LogP) is 3.37. The van der Waals surface area contributed by atoms with E-state index < -0.39 is 0 Å². The SMILES string of the molecule is Cc1nn(C)c(C)c1CC(C)c1nc(-c2ccc3c(c2)CCO3)no1. The highest BCUT2D eigenvalue weighted by Gasteiger charge is 2.20. The smallest absolute Gasteiger partial charge is 0.230 e. The van der Waals surface area contributed by atoms with Crippen molar-refractivity contribution >= 4 is 0 Å². The molecular formula is C19H22N4O2. The molecule has 6 nitrogen and oxygen atoms in total. The van der Waals surface area contributed by atoms with Crippen molar-refractivity contribution in [1.29, 1.82) is 0 Å². The van der Waals surface area contributed by atoms with Gasteiger partial charge >= 0.3 is 0 Å². The van der Waals surface area contributed by atoms with Gasteiger partial charge in [-0.15, -0.1) is 0 Å². The molecular weight excluding hydrogens is 316 g/mol. The molecule has 0 saturated carbocycles. The zero-order valence-corrected chi connectivity index (χ0v) is 15.0. The van der Waals surface area contributed by atoms with Gasteiger partial charge in [-0.2, -0.15) is 10.1 Å². The average molecular weight is 338 g/mol. The van der Waals surface area contributed by atoms with E-state index >= 15 is 0 Å².